The van der Waals surface area contributed by atoms with Gasteiger partial charge in [0.05, 0.1) is 5.69 Å². The summed E-state index contributed by atoms with van der Waals surface area (Å²) in [6.07, 6.45) is 0. The summed E-state index contributed by atoms with van der Waals surface area (Å²) in [5.41, 5.74) is 1.37. The third-order valence-corrected chi connectivity index (χ3v) is 3.15. The van der Waals surface area contributed by atoms with Gasteiger partial charge < -0.3 is 5.32 Å². The number of rotatable bonds is 2. The number of anilines is 1. The minimum atomic E-state index is 0.277. The van der Waals surface area contributed by atoms with Crippen molar-refractivity contribution in [2.45, 2.75) is 40.7 Å². The molecule has 0 bridgehead atoms. The Balaban J connectivity index is 2.60. The Kier molecular flexibility index (Phi) is 2.96. The molecule has 1 aromatic rings. The van der Waals surface area contributed by atoms with Crippen LogP contribution in [0.2, 0.25) is 0 Å². The molecule has 1 aromatic heterocycles. The van der Waals surface area contributed by atoms with E-state index in [1.807, 2.05) is 6.92 Å². The normalized spacial score (nSPS) is 14.2. The van der Waals surface area contributed by atoms with Crippen LogP contribution >= 0.6 is 11.3 Å². The van der Waals surface area contributed by atoms with Crippen LogP contribution in [0.3, 0.4) is 0 Å². The number of thiazole rings is 1. The molecule has 3 heteroatoms. The molecule has 0 amide bonds. The second kappa shape index (κ2) is 3.66. The van der Waals surface area contributed by atoms with Crippen molar-refractivity contribution in [1.82, 2.24) is 4.98 Å². The number of hydrogen-bond donors (Lipinski definition) is 1. The molecule has 0 aromatic carbocycles. The second-order valence-corrected chi connectivity index (χ2v) is 5.38. The van der Waals surface area contributed by atoms with Crippen molar-refractivity contribution < 1.29 is 0 Å². The fraction of sp³-hybridized carbons (Fsp3) is 0.700. The lowest BCUT2D eigenvalue weighted by Crippen LogP contribution is -2.30. The van der Waals surface area contributed by atoms with Crippen LogP contribution in [0.25, 0.3) is 0 Å². The molecule has 0 saturated heterocycles. The molecule has 74 valence electrons. The molecular weight excluding hydrogens is 180 g/mol. The van der Waals surface area contributed by atoms with Crippen LogP contribution in [0.15, 0.2) is 5.38 Å². The van der Waals surface area contributed by atoms with E-state index in [0.29, 0.717) is 6.04 Å². The second-order valence-electron chi connectivity index (χ2n) is 4.53. The van der Waals surface area contributed by atoms with E-state index in [2.05, 4.69) is 43.4 Å². The molecule has 1 N–H and O–H groups in total. The van der Waals surface area contributed by atoms with Crippen LogP contribution in [0.1, 0.15) is 33.4 Å². The van der Waals surface area contributed by atoms with Gasteiger partial charge in [-0.1, -0.05) is 20.8 Å². The number of nitrogens with one attached hydrogen (secondary N) is 1. The van der Waals surface area contributed by atoms with Crippen molar-refractivity contribution in [2.24, 2.45) is 5.41 Å². The van der Waals surface area contributed by atoms with E-state index in [4.69, 9.17) is 0 Å². The Morgan fingerprint density at radius 1 is 1.46 bits per heavy atom. The first-order valence-corrected chi connectivity index (χ1v) is 5.46. The standard InChI is InChI=1S/C10H18N2S/c1-7-6-13-9(11-7)12-8(2)10(3,4)5/h6,8H,1-5H3,(H,11,12). The van der Waals surface area contributed by atoms with Gasteiger partial charge in [0.15, 0.2) is 5.13 Å². The number of hydrogen-bond acceptors (Lipinski definition) is 3. The van der Waals surface area contributed by atoms with Gasteiger partial charge in [0, 0.05) is 11.4 Å². The summed E-state index contributed by atoms with van der Waals surface area (Å²) in [6.45, 7) is 10.9. The first kappa shape index (κ1) is 10.5. The van der Waals surface area contributed by atoms with E-state index >= 15 is 0 Å². The first-order chi connectivity index (χ1) is 5.89. The summed E-state index contributed by atoms with van der Waals surface area (Å²) in [4.78, 5) is 4.37. The third-order valence-electron chi connectivity index (χ3n) is 2.26. The van der Waals surface area contributed by atoms with Crippen molar-refractivity contribution in [1.29, 1.82) is 0 Å². The summed E-state index contributed by atoms with van der Waals surface area (Å²) in [5.74, 6) is 0. The fourth-order valence-corrected chi connectivity index (χ4v) is 1.60. The number of aryl methyl sites for hydroxylation is 1. The van der Waals surface area contributed by atoms with Gasteiger partial charge in [0.25, 0.3) is 0 Å². The van der Waals surface area contributed by atoms with Gasteiger partial charge in [-0.15, -0.1) is 11.3 Å². The first-order valence-electron chi connectivity index (χ1n) is 4.58. The van der Waals surface area contributed by atoms with Crippen LogP contribution in [0.5, 0.6) is 0 Å². The predicted octanol–water partition coefficient (Wildman–Crippen LogP) is 3.30. The highest BCUT2D eigenvalue weighted by atomic mass is 32.1. The zero-order valence-electron chi connectivity index (χ0n) is 9.01. The van der Waals surface area contributed by atoms with Crippen molar-refractivity contribution in [3.63, 3.8) is 0 Å². The van der Waals surface area contributed by atoms with Crippen LogP contribution in [0, 0.1) is 12.3 Å². The van der Waals surface area contributed by atoms with Crippen LogP contribution in [-0.4, -0.2) is 11.0 Å². The van der Waals surface area contributed by atoms with Gasteiger partial charge in [-0.3, -0.25) is 0 Å². The maximum absolute atomic E-state index is 4.37. The Bertz CT molecular complexity index is 273. The fourth-order valence-electron chi connectivity index (χ4n) is 0.822. The summed E-state index contributed by atoms with van der Waals surface area (Å²) < 4.78 is 0. The summed E-state index contributed by atoms with van der Waals surface area (Å²) >= 11 is 1.67. The molecule has 1 atom stereocenters. The van der Waals surface area contributed by atoms with Gasteiger partial charge in [0.1, 0.15) is 0 Å². The highest BCUT2D eigenvalue weighted by molar-refractivity contribution is 7.13. The van der Waals surface area contributed by atoms with Gasteiger partial charge in [-0.2, -0.15) is 0 Å². The monoisotopic (exact) mass is 198 g/mol. The average Bonchev–Trinajstić information content (AvgIpc) is 2.33. The van der Waals surface area contributed by atoms with Crippen molar-refractivity contribution >= 4 is 16.5 Å². The topological polar surface area (TPSA) is 24.9 Å². The Morgan fingerprint density at radius 3 is 2.46 bits per heavy atom. The van der Waals surface area contributed by atoms with E-state index in [1.165, 1.54) is 0 Å². The lowest BCUT2D eigenvalue weighted by Gasteiger charge is -2.27. The smallest absolute Gasteiger partial charge is 0.183 e. The summed E-state index contributed by atoms with van der Waals surface area (Å²) in [5, 5.41) is 6.50. The lowest BCUT2D eigenvalue weighted by atomic mass is 9.88. The largest absolute Gasteiger partial charge is 0.359 e. The average molecular weight is 198 g/mol. The van der Waals surface area contributed by atoms with E-state index in [9.17, 15) is 0 Å². The van der Waals surface area contributed by atoms with E-state index < -0.39 is 0 Å². The molecule has 0 aliphatic rings. The molecule has 0 aliphatic heterocycles. The highest BCUT2D eigenvalue weighted by Crippen LogP contribution is 2.24. The zero-order chi connectivity index (χ0) is 10.1. The Labute approximate surface area is 84.4 Å². The van der Waals surface area contributed by atoms with Crippen molar-refractivity contribution in [3.8, 4) is 0 Å². The van der Waals surface area contributed by atoms with Gasteiger partial charge in [-0.05, 0) is 19.3 Å². The lowest BCUT2D eigenvalue weighted by molar-refractivity contribution is 0.359. The molecule has 1 heterocycles. The quantitative estimate of drug-likeness (QED) is 0.788. The molecule has 13 heavy (non-hydrogen) atoms. The predicted molar refractivity (Wildman–Crippen MR) is 59.4 cm³/mol. The SMILES string of the molecule is Cc1csc(NC(C)C(C)(C)C)n1. The van der Waals surface area contributed by atoms with E-state index in [1.54, 1.807) is 11.3 Å². The highest BCUT2D eigenvalue weighted by Gasteiger charge is 2.20. The minimum absolute atomic E-state index is 0.277. The molecule has 0 aliphatic carbocycles. The minimum Gasteiger partial charge on any atom is -0.359 e. The Morgan fingerprint density at radius 2 is 2.08 bits per heavy atom. The number of aromatic nitrogens is 1. The molecular formula is C10H18N2S. The third kappa shape index (κ3) is 2.99. The van der Waals surface area contributed by atoms with Crippen LogP contribution < -0.4 is 5.32 Å². The maximum Gasteiger partial charge on any atom is 0.183 e. The zero-order valence-corrected chi connectivity index (χ0v) is 9.83. The van der Waals surface area contributed by atoms with Crippen LogP contribution in [-0.2, 0) is 0 Å². The maximum atomic E-state index is 4.37. The molecule has 0 fully saturated rings. The van der Waals surface area contributed by atoms with Crippen molar-refractivity contribution in [3.05, 3.63) is 11.1 Å². The Hall–Kier alpha value is -0.570. The van der Waals surface area contributed by atoms with Gasteiger partial charge in [0.2, 0.25) is 0 Å². The molecule has 1 rings (SSSR count). The van der Waals surface area contributed by atoms with Crippen molar-refractivity contribution in [2.75, 3.05) is 5.32 Å². The molecule has 0 spiro atoms. The molecule has 0 radical (unpaired) electrons. The van der Waals surface area contributed by atoms with E-state index in [0.717, 1.165) is 10.8 Å². The van der Waals surface area contributed by atoms with E-state index in [-0.39, 0.29) is 5.41 Å². The summed E-state index contributed by atoms with van der Waals surface area (Å²) in [7, 11) is 0. The summed E-state index contributed by atoms with van der Waals surface area (Å²) in [6, 6.07) is 0.443. The van der Waals surface area contributed by atoms with Crippen LogP contribution in [0.4, 0.5) is 5.13 Å². The van der Waals surface area contributed by atoms with Gasteiger partial charge >= 0.3 is 0 Å². The molecule has 1 unspecified atom stereocenters. The molecule has 2 nitrogen and oxygen atoms in total. The number of nitrogens with zero attached hydrogens (tertiary/aromatic N) is 1. The molecule has 0 saturated carbocycles. The van der Waals surface area contributed by atoms with Gasteiger partial charge in [-0.25, -0.2) is 4.98 Å².